The normalized spacial score (nSPS) is 13.5. The molecule has 2 aromatic heterocycles. The van der Waals surface area contributed by atoms with Gasteiger partial charge in [0.1, 0.15) is 18.5 Å². The third-order valence-electron chi connectivity index (χ3n) is 5.89. The molecule has 0 spiro atoms. The van der Waals surface area contributed by atoms with Crippen molar-refractivity contribution in [3.63, 3.8) is 0 Å². The number of hydrogen-bond acceptors (Lipinski definition) is 11. The number of anilines is 1. The van der Waals surface area contributed by atoms with E-state index in [1.54, 1.807) is 54.3 Å². The third kappa shape index (κ3) is 9.30. The van der Waals surface area contributed by atoms with Crippen LogP contribution < -0.4 is 20.1 Å². The zero-order valence-electron chi connectivity index (χ0n) is 23.2. The molecule has 3 aromatic rings. The van der Waals surface area contributed by atoms with Gasteiger partial charge in [-0.05, 0) is 25.0 Å². The number of para-hydroxylation sites is 1. The smallest absolute Gasteiger partial charge is 0.459 e. The SMILES string of the molecule is CCC(CC)COC(=O)[C@H](C)NP(=O)(OCCOCn1cnc(-c2cnc(N)nc2OC)c1)Oc1ccccc1. The zero-order valence-corrected chi connectivity index (χ0v) is 24.1. The predicted octanol–water partition coefficient (Wildman–Crippen LogP) is 4.07. The number of nitrogen functional groups attached to an aromatic ring is 1. The molecule has 2 heterocycles. The highest BCUT2D eigenvalue weighted by atomic mass is 31.2. The van der Waals surface area contributed by atoms with Crippen molar-refractivity contribution in [2.45, 2.75) is 46.4 Å². The van der Waals surface area contributed by atoms with Gasteiger partial charge < -0.3 is 29.0 Å². The van der Waals surface area contributed by atoms with E-state index in [2.05, 4.69) is 20.0 Å². The molecular formula is C26H37N6O7P. The number of imidazole rings is 1. The van der Waals surface area contributed by atoms with E-state index in [1.807, 2.05) is 13.8 Å². The number of carbonyl (C=O) groups is 1. The van der Waals surface area contributed by atoms with Crippen LogP contribution >= 0.6 is 7.75 Å². The highest BCUT2D eigenvalue weighted by Crippen LogP contribution is 2.44. The minimum atomic E-state index is -3.96. The second-order valence-corrected chi connectivity index (χ2v) is 10.6. The van der Waals surface area contributed by atoms with Crippen LogP contribution in [0.1, 0.15) is 33.6 Å². The van der Waals surface area contributed by atoms with E-state index >= 15 is 0 Å². The number of ether oxygens (including phenoxy) is 3. The number of aromatic nitrogens is 4. The largest absolute Gasteiger partial charge is 0.480 e. The van der Waals surface area contributed by atoms with Gasteiger partial charge >= 0.3 is 13.7 Å². The van der Waals surface area contributed by atoms with Crippen molar-refractivity contribution in [3.05, 3.63) is 49.1 Å². The first kappa shape index (κ1) is 31.0. The Kier molecular flexibility index (Phi) is 11.9. The van der Waals surface area contributed by atoms with E-state index in [0.717, 1.165) is 12.8 Å². The van der Waals surface area contributed by atoms with Gasteiger partial charge in [-0.2, -0.15) is 10.1 Å². The first-order chi connectivity index (χ1) is 19.3. The lowest BCUT2D eigenvalue weighted by Gasteiger charge is -2.23. The maximum Gasteiger partial charge on any atom is 0.459 e. The highest BCUT2D eigenvalue weighted by molar-refractivity contribution is 7.52. The Bertz CT molecular complexity index is 1260. The van der Waals surface area contributed by atoms with Crippen molar-refractivity contribution in [1.29, 1.82) is 0 Å². The summed E-state index contributed by atoms with van der Waals surface area (Å²) in [4.78, 5) is 24.9. The number of methoxy groups -OCH3 is 1. The molecule has 0 amide bonds. The molecule has 218 valence electrons. The molecule has 0 bridgehead atoms. The zero-order chi connectivity index (χ0) is 29.0. The molecule has 3 N–H and O–H groups in total. The lowest BCUT2D eigenvalue weighted by atomic mass is 10.1. The van der Waals surface area contributed by atoms with Crippen molar-refractivity contribution in [1.82, 2.24) is 24.6 Å². The van der Waals surface area contributed by atoms with Crippen molar-refractivity contribution < 1.29 is 32.6 Å². The lowest BCUT2D eigenvalue weighted by molar-refractivity contribution is -0.146. The first-order valence-corrected chi connectivity index (χ1v) is 14.5. The Morgan fingerprint density at radius 1 is 1.15 bits per heavy atom. The number of nitrogens with two attached hydrogens (primary N) is 1. The number of nitrogens with zero attached hydrogens (tertiary/aromatic N) is 4. The van der Waals surface area contributed by atoms with Crippen LogP contribution in [0.5, 0.6) is 11.6 Å². The topological polar surface area (TPSA) is 162 Å². The third-order valence-corrected chi connectivity index (χ3v) is 7.57. The van der Waals surface area contributed by atoms with Crippen LogP contribution in [0.3, 0.4) is 0 Å². The van der Waals surface area contributed by atoms with Crippen LogP contribution in [0.15, 0.2) is 49.1 Å². The van der Waals surface area contributed by atoms with E-state index in [9.17, 15) is 9.36 Å². The molecule has 3 rings (SSSR count). The van der Waals surface area contributed by atoms with Gasteiger partial charge in [-0.3, -0.25) is 9.32 Å². The fraction of sp³-hybridized carbons (Fsp3) is 0.462. The summed E-state index contributed by atoms with van der Waals surface area (Å²) in [6.45, 7) is 6.08. The van der Waals surface area contributed by atoms with Gasteiger partial charge in [-0.25, -0.2) is 14.5 Å². The molecule has 1 unspecified atom stereocenters. The second kappa shape index (κ2) is 15.3. The Balaban J connectivity index is 1.54. The molecule has 2 atom stereocenters. The van der Waals surface area contributed by atoms with Gasteiger partial charge in [-0.1, -0.05) is 44.9 Å². The van der Waals surface area contributed by atoms with Crippen molar-refractivity contribution >= 4 is 19.7 Å². The Labute approximate surface area is 234 Å². The molecule has 14 heteroatoms. The van der Waals surface area contributed by atoms with E-state index < -0.39 is 19.8 Å². The molecular weight excluding hydrogens is 539 g/mol. The number of carbonyl (C=O) groups excluding carboxylic acids is 1. The van der Waals surface area contributed by atoms with E-state index in [4.69, 9.17) is 29.0 Å². The molecule has 1 aromatic carbocycles. The fourth-order valence-corrected chi connectivity index (χ4v) is 4.99. The monoisotopic (exact) mass is 576 g/mol. The number of hydrogen-bond donors (Lipinski definition) is 2. The summed E-state index contributed by atoms with van der Waals surface area (Å²) in [5.74, 6) is 0.458. The summed E-state index contributed by atoms with van der Waals surface area (Å²) in [5.41, 5.74) is 6.77. The van der Waals surface area contributed by atoms with Crippen molar-refractivity contribution in [3.8, 4) is 22.9 Å². The van der Waals surface area contributed by atoms with Crippen LogP contribution in [-0.4, -0.2) is 58.5 Å². The van der Waals surface area contributed by atoms with Crippen LogP contribution in [0.25, 0.3) is 11.3 Å². The van der Waals surface area contributed by atoms with Gasteiger partial charge in [0, 0.05) is 12.4 Å². The van der Waals surface area contributed by atoms with Crippen LogP contribution in [0.2, 0.25) is 0 Å². The van der Waals surface area contributed by atoms with Crippen LogP contribution in [0.4, 0.5) is 5.95 Å². The van der Waals surface area contributed by atoms with E-state index in [0.29, 0.717) is 29.5 Å². The molecule has 0 saturated heterocycles. The maximum absolute atomic E-state index is 13.6. The van der Waals surface area contributed by atoms with Gasteiger partial charge in [0.15, 0.2) is 0 Å². The summed E-state index contributed by atoms with van der Waals surface area (Å²) >= 11 is 0. The van der Waals surface area contributed by atoms with Crippen molar-refractivity contribution in [2.24, 2.45) is 5.92 Å². The van der Waals surface area contributed by atoms with E-state index in [-0.39, 0.29) is 31.8 Å². The lowest BCUT2D eigenvalue weighted by Crippen LogP contribution is -2.36. The number of esters is 1. The van der Waals surface area contributed by atoms with Crippen molar-refractivity contribution in [2.75, 3.05) is 32.7 Å². The second-order valence-electron chi connectivity index (χ2n) is 8.86. The van der Waals surface area contributed by atoms with E-state index in [1.165, 1.54) is 13.3 Å². The minimum Gasteiger partial charge on any atom is -0.480 e. The fourth-order valence-electron chi connectivity index (χ4n) is 3.52. The summed E-state index contributed by atoms with van der Waals surface area (Å²) in [7, 11) is -2.48. The molecule has 0 saturated carbocycles. The predicted molar refractivity (Wildman–Crippen MR) is 148 cm³/mol. The molecule has 0 aliphatic carbocycles. The van der Waals surface area contributed by atoms with Gasteiger partial charge in [-0.15, -0.1) is 0 Å². The van der Waals surface area contributed by atoms with Crippen LogP contribution in [-0.2, 0) is 30.1 Å². The molecule has 13 nitrogen and oxygen atoms in total. The first-order valence-electron chi connectivity index (χ1n) is 13.0. The molecule has 0 aliphatic rings. The summed E-state index contributed by atoms with van der Waals surface area (Å²) in [5, 5.41) is 2.68. The Morgan fingerprint density at radius 2 is 1.90 bits per heavy atom. The van der Waals surface area contributed by atoms with Gasteiger partial charge in [0.05, 0.1) is 44.5 Å². The molecule has 0 aliphatic heterocycles. The molecule has 40 heavy (non-hydrogen) atoms. The Hall–Kier alpha value is -3.51. The standard InChI is InChI=1S/C26H37N6O7P/c1-5-20(6-2)16-37-25(33)19(3)31-40(34,39-21-10-8-7-9-11-21)38-13-12-36-18-32-15-23(29-17-32)22-14-28-26(27)30-24(22)35-4/h7-11,14-15,17,19-20H,5-6,12-13,16,18H2,1-4H3,(H,31,34)(H2,27,28,30)/t19-,40?/m0/s1. The summed E-state index contributed by atoms with van der Waals surface area (Å²) in [6, 6.07) is 7.63. The summed E-state index contributed by atoms with van der Waals surface area (Å²) in [6.07, 6.45) is 6.63. The summed E-state index contributed by atoms with van der Waals surface area (Å²) < 4.78 is 42.8. The number of rotatable bonds is 17. The van der Waals surface area contributed by atoms with Gasteiger partial charge in [0.25, 0.3) is 0 Å². The maximum atomic E-state index is 13.6. The quantitative estimate of drug-likeness (QED) is 0.135. The number of benzene rings is 1. The van der Waals surface area contributed by atoms with Gasteiger partial charge in [0.2, 0.25) is 11.8 Å². The average molecular weight is 577 g/mol. The minimum absolute atomic E-state index is 0.0756. The van der Waals surface area contributed by atoms with Crippen LogP contribution in [0, 0.1) is 5.92 Å². The average Bonchev–Trinajstić information content (AvgIpc) is 3.42. The Morgan fingerprint density at radius 3 is 2.60 bits per heavy atom. The molecule has 0 radical (unpaired) electrons. The number of nitrogens with one attached hydrogen (secondary N) is 1. The highest BCUT2D eigenvalue weighted by Gasteiger charge is 2.32. The molecule has 0 fully saturated rings.